The Morgan fingerprint density at radius 3 is 2.38 bits per heavy atom. The molecule has 0 aliphatic rings. The zero-order valence-electron chi connectivity index (χ0n) is 11.0. The van der Waals surface area contributed by atoms with Gasteiger partial charge in [-0.1, -0.05) is 39.7 Å². The van der Waals surface area contributed by atoms with Gasteiger partial charge in [0.2, 0.25) is 0 Å². The van der Waals surface area contributed by atoms with Gasteiger partial charge in [0.1, 0.15) is 5.82 Å². The minimum absolute atomic E-state index is 0.204. The summed E-state index contributed by atoms with van der Waals surface area (Å²) in [6.07, 6.45) is -4.75. The first-order chi connectivity index (χ1) is 9.70. The second-order valence-corrected chi connectivity index (χ2v) is 5.59. The lowest BCUT2D eigenvalue weighted by Gasteiger charge is -2.17. The molecule has 1 atom stereocenters. The molecule has 0 radical (unpaired) electrons. The van der Waals surface area contributed by atoms with E-state index >= 15 is 0 Å². The van der Waals surface area contributed by atoms with Crippen LogP contribution >= 0.6 is 15.9 Å². The Labute approximate surface area is 127 Å². The molecule has 1 nitrogen and oxygen atoms in total. The molecule has 0 aromatic heterocycles. The fourth-order valence-corrected chi connectivity index (χ4v) is 2.53. The summed E-state index contributed by atoms with van der Waals surface area (Å²) in [6.45, 7) is 1.86. The van der Waals surface area contributed by atoms with E-state index in [4.69, 9.17) is 5.73 Å². The zero-order valence-corrected chi connectivity index (χ0v) is 12.6. The molecule has 0 heterocycles. The standard InChI is InChI=1S/C15H12BrF4N/c1-8-2-4-12(16)10(6-8)14(21)9-3-5-13(17)11(7-9)15(18,19)20/h2-7,14H,21H2,1H3. The minimum atomic E-state index is -4.75. The average molecular weight is 362 g/mol. The van der Waals surface area contributed by atoms with Gasteiger partial charge in [0, 0.05) is 4.47 Å². The van der Waals surface area contributed by atoms with Crippen LogP contribution in [0.3, 0.4) is 0 Å². The van der Waals surface area contributed by atoms with E-state index in [9.17, 15) is 17.6 Å². The summed E-state index contributed by atoms with van der Waals surface area (Å²) in [5, 5.41) is 0. The fraction of sp³-hybridized carbons (Fsp3) is 0.200. The van der Waals surface area contributed by atoms with Crippen LogP contribution in [0.2, 0.25) is 0 Å². The van der Waals surface area contributed by atoms with Crippen LogP contribution in [-0.2, 0) is 6.18 Å². The van der Waals surface area contributed by atoms with Gasteiger partial charge in [0.05, 0.1) is 11.6 Å². The van der Waals surface area contributed by atoms with E-state index in [1.165, 1.54) is 6.07 Å². The summed E-state index contributed by atoms with van der Waals surface area (Å²) in [6, 6.07) is 7.46. The Hall–Kier alpha value is -1.40. The number of hydrogen-bond acceptors (Lipinski definition) is 1. The van der Waals surface area contributed by atoms with E-state index in [2.05, 4.69) is 15.9 Å². The molecule has 0 saturated heterocycles. The number of alkyl halides is 3. The van der Waals surface area contributed by atoms with Gasteiger partial charge in [-0.3, -0.25) is 0 Å². The number of hydrogen-bond donors (Lipinski definition) is 1. The first-order valence-electron chi connectivity index (χ1n) is 6.08. The summed E-state index contributed by atoms with van der Waals surface area (Å²) in [5.41, 5.74) is 6.51. The van der Waals surface area contributed by atoms with Crippen LogP contribution in [0, 0.1) is 12.7 Å². The van der Waals surface area contributed by atoms with Gasteiger partial charge in [-0.05, 0) is 36.2 Å². The molecule has 112 valence electrons. The minimum Gasteiger partial charge on any atom is -0.320 e. The summed E-state index contributed by atoms with van der Waals surface area (Å²) in [5.74, 6) is -1.30. The van der Waals surface area contributed by atoms with Crippen LogP contribution in [0.25, 0.3) is 0 Å². The van der Waals surface area contributed by atoms with Gasteiger partial charge in [0.25, 0.3) is 0 Å². The molecule has 2 aromatic rings. The van der Waals surface area contributed by atoms with Crippen molar-refractivity contribution in [1.82, 2.24) is 0 Å². The molecule has 2 rings (SSSR count). The first-order valence-corrected chi connectivity index (χ1v) is 6.87. The molecule has 2 aromatic carbocycles. The molecule has 21 heavy (non-hydrogen) atoms. The number of nitrogens with two attached hydrogens (primary N) is 1. The molecule has 0 aliphatic carbocycles. The van der Waals surface area contributed by atoms with Crippen molar-refractivity contribution in [3.63, 3.8) is 0 Å². The third-order valence-electron chi connectivity index (χ3n) is 3.14. The van der Waals surface area contributed by atoms with Crippen LogP contribution in [0.4, 0.5) is 17.6 Å². The third-order valence-corrected chi connectivity index (χ3v) is 3.86. The van der Waals surface area contributed by atoms with Crippen molar-refractivity contribution in [2.24, 2.45) is 5.73 Å². The number of halogens is 5. The van der Waals surface area contributed by atoms with E-state index in [0.29, 0.717) is 10.0 Å². The van der Waals surface area contributed by atoms with E-state index in [0.717, 1.165) is 17.7 Å². The lowest BCUT2D eigenvalue weighted by atomic mass is 9.96. The second-order valence-electron chi connectivity index (χ2n) is 4.74. The van der Waals surface area contributed by atoms with E-state index in [1.54, 1.807) is 12.1 Å². The highest BCUT2D eigenvalue weighted by atomic mass is 79.9. The van der Waals surface area contributed by atoms with Gasteiger partial charge >= 0.3 is 6.18 Å². The predicted molar refractivity (Wildman–Crippen MR) is 76.3 cm³/mol. The zero-order chi connectivity index (χ0) is 15.8. The Morgan fingerprint density at radius 1 is 1.10 bits per heavy atom. The van der Waals surface area contributed by atoms with Crippen LogP contribution in [0.1, 0.15) is 28.3 Å². The Balaban J connectivity index is 2.49. The maximum Gasteiger partial charge on any atom is 0.419 e. The smallest absolute Gasteiger partial charge is 0.320 e. The maximum atomic E-state index is 13.3. The van der Waals surface area contributed by atoms with Crippen LogP contribution in [0.5, 0.6) is 0 Å². The fourth-order valence-electron chi connectivity index (χ4n) is 2.03. The molecule has 6 heteroatoms. The van der Waals surface area contributed by atoms with E-state index < -0.39 is 23.6 Å². The molecule has 0 aliphatic heterocycles. The van der Waals surface area contributed by atoms with Crippen LogP contribution in [0.15, 0.2) is 40.9 Å². The highest BCUT2D eigenvalue weighted by Crippen LogP contribution is 2.35. The van der Waals surface area contributed by atoms with Crippen molar-refractivity contribution < 1.29 is 17.6 Å². The first kappa shape index (κ1) is 16.0. The van der Waals surface area contributed by atoms with Gasteiger partial charge in [-0.25, -0.2) is 4.39 Å². The molecule has 2 N–H and O–H groups in total. The topological polar surface area (TPSA) is 26.0 Å². The Kier molecular flexibility index (Phi) is 4.39. The quantitative estimate of drug-likeness (QED) is 0.751. The molecule has 0 fully saturated rings. The Morgan fingerprint density at radius 2 is 1.76 bits per heavy atom. The third kappa shape index (κ3) is 3.44. The molecule has 0 amide bonds. The van der Waals surface area contributed by atoms with Crippen LogP contribution < -0.4 is 5.73 Å². The predicted octanol–water partition coefficient (Wildman–Crippen LogP) is 4.96. The van der Waals surface area contributed by atoms with Crippen LogP contribution in [-0.4, -0.2) is 0 Å². The van der Waals surface area contributed by atoms with Crippen molar-refractivity contribution in [2.45, 2.75) is 19.1 Å². The highest BCUT2D eigenvalue weighted by molar-refractivity contribution is 9.10. The molecule has 1 unspecified atom stereocenters. The molecular weight excluding hydrogens is 350 g/mol. The van der Waals surface area contributed by atoms with E-state index in [1.807, 2.05) is 13.0 Å². The van der Waals surface area contributed by atoms with Gasteiger partial charge in [0.15, 0.2) is 0 Å². The van der Waals surface area contributed by atoms with Gasteiger partial charge < -0.3 is 5.73 Å². The normalized spacial score (nSPS) is 13.3. The monoisotopic (exact) mass is 361 g/mol. The number of rotatable bonds is 2. The molecule has 0 spiro atoms. The van der Waals surface area contributed by atoms with Crippen molar-refractivity contribution in [2.75, 3.05) is 0 Å². The SMILES string of the molecule is Cc1ccc(Br)c(C(N)c2ccc(F)c(C(F)(F)F)c2)c1. The van der Waals surface area contributed by atoms with Crippen molar-refractivity contribution >= 4 is 15.9 Å². The number of aryl methyl sites for hydroxylation is 1. The summed E-state index contributed by atoms with van der Waals surface area (Å²) in [7, 11) is 0. The van der Waals surface area contributed by atoms with E-state index in [-0.39, 0.29) is 5.56 Å². The average Bonchev–Trinajstić information content (AvgIpc) is 2.40. The second kappa shape index (κ2) is 5.77. The van der Waals surface area contributed by atoms with Crippen molar-refractivity contribution in [1.29, 1.82) is 0 Å². The Bertz CT molecular complexity index is 667. The van der Waals surface area contributed by atoms with Gasteiger partial charge in [-0.2, -0.15) is 13.2 Å². The van der Waals surface area contributed by atoms with Crippen molar-refractivity contribution in [3.8, 4) is 0 Å². The largest absolute Gasteiger partial charge is 0.419 e. The summed E-state index contributed by atoms with van der Waals surface area (Å²) >= 11 is 3.32. The highest BCUT2D eigenvalue weighted by Gasteiger charge is 2.34. The number of benzene rings is 2. The lowest BCUT2D eigenvalue weighted by Crippen LogP contribution is -2.15. The maximum absolute atomic E-state index is 13.3. The molecular formula is C15H12BrF4N. The van der Waals surface area contributed by atoms with Gasteiger partial charge in [-0.15, -0.1) is 0 Å². The van der Waals surface area contributed by atoms with Crippen molar-refractivity contribution in [3.05, 3.63) is 68.9 Å². The molecule has 0 saturated carbocycles. The molecule has 0 bridgehead atoms. The lowest BCUT2D eigenvalue weighted by molar-refractivity contribution is -0.140. The summed E-state index contributed by atoms with van der Waals surface area (Å²) < 4.78 is 52.2. The summed E-state index contributed by atoms with van der Waals surface area (Å²) in [4.78, 5) is 0.